The van der Waals surface area contributed by atoms with Gasteiger partial charge in [-0.2, -0.15) is 0 Å². The third-order valence-electron chi connectivity index (χ3n) is 14.8. The molecule has 69 heavy (non-hydrogen) atoms. The third-order valence-corrected chi connectivity index (χ3v) is 19.6. The predicted octanol–water partition coefficient (Wildman–Crippen LogP) is 14.2. The Hall–Kier alpha value is -8.76. The molecule has 0 saturated carbocycles. The van der Waals surface area contributed by atoms with Crippen LogP contribution < -0.4 is 20.7 Å². The normalized spacial score (nSPS) is 12.8. The van der Waals surface area contributed by atoms with Crippen LogP contribution in [0.25, 0.3) is 99.5 Å². The molecular weight excluding hydrogens is 849 g/mol. The molecule has 0 amide bonds. The zero-order valence-corrected chi connectivity index (χ0v) is 38.8. The van der Waals surface area contributed by atoms with Gasteiger partial charge >= 0.3 is 0 Å². The van der Waals surface area contributed by atoms with E-state index in [4.69, 9.17) is 0 Å². The highest BCUT2D eigenvalue weighted by molar-refractivity contribution is 7.22. The van der Waals surface area contributed by atoms with E-state index in [0.717, 1.165) is 5.69 Å². The maximum absolute atomic E-state index is 2.88. The van der Waals surface area contributed by atoms with Crippen molar-refractivity contribution < 1.29 is 0 Å². The average molecular weight is 893 g/mol. The fourth-order valence-corrected chi connectivity index (χ4v) is 17.0. The molecule has 0 unspecified atom stereocenters. The van der Waals surface area contributed by atoms with Gasteiger partial charge in [-0.1, -0.05) is 200 Å². The fourth-order valence-electron chi connectivity index (χ4n) is 11.7. The summed E-state index contributed by atoms with van der Waals surface area (Å²) in [5.41, 5.74) is 17.2. The fraction of sp³-hybridized carbons (Fsp3) is 0. The number of hydrogen-bond donors (Lipinski definition) is 0. The van der Waals surface area contributed by atoms with Crippen molar-refractivity contribution in [3.8, 4) is 55.9 Å². The van der Waals surface area contributed by atoms with Gasteiger partial charge in [0.1, 0.15) is 0 Å². The molecule has 11 aromatic carbocycles. The maximum atomic E-state index is 2.55. The summed E-state index contributed by atoms with van der Waals surface area (Å²) in [5, 5.41) is 10.7. The van der Waals surface area contributed by atoms with Gasteiger partial charge in [0, 0.05) is 32.9 Å². The van der Waals surface area contributed by atoms with E-state index in [9.17, 15) is 0 Å². The summed E-state index contributed by atoms with van der Waals surface area (Å²) < 4.78 is 4.82. The second-order valence-corrected chi connectivity index (χ2v) is 22.2. The molecule has 0 saturated heterocycles. The number of nitrogens with zero attached hydrogens (tertiary/aromatic N) is 2. The van der Waals surface area contributed by atoms with E-state index in [1.807, 2.05) is 0 Å². The molecule has 13 aromatic rings. The molecule has 3 heteroatoms. The van der Waals surface area contributed by atoms with Crippen molar-refractivity contribution in [1.82, 2.24) is 9.13 Å². The molecular formula is C66H44N2Si. The van der Waals surface area contributed by atoms with E-state index in [-0.39, 0.29) is 0 Å². The Morgan fingerprint density at radius 2 is 0.565 bits per heavy atom. The number of rotatable bonds is 7. The first-order valence-corrected chi connectivity index (χ1v) is 25.9. The van der Waals surface area contributed by atoms with Crippen molar-refractivity contribution in [3.63, 3.8) is 0 Å². The Morgan fingerprint density at radius 3 is 1.03 bits per heavy atom. The Kier molecular flexibility index (Phi) is 8.95. The summed E-state index contributed by atoms with van der Waals surface area (Å²) in [5.74, 6) is 0. The lowest BCUT2D eigenvalue weighted by atomic mass is 9.97. The van der Waals surface area contributed by atoms with Gasteiger partial charge in [0.05, 0.1) is 22.1 Å². The van der Waals surface area contributed by atoms with Gasteiger partial charge in [0.15, 0.2) is 8.07 Å². The van der Waals surface area contributed by atoms with Gasteiger partial charge < -0.3 is 9.13 Å². The molecule has 0 N–H and O–H groups in total. The zero-order chi connectivity index (χ0) is 45.5. The van der Waals surface area contributed by atoms with Crippen molar-refractivity contribution in [1.29, 1.82) is 0 Å². The van der Waals surface area contributed by atoms with Crippen LogP contribution >= 0.6 is 0 Å². The summed E-state index contributed by atoms with van der Waals surface area (Å²) >= 11 is 0. The molecule has 0 spiro atoms. The second-order valence-electron chi connectivity index (χ2n) is 18.4. The molecule has 0 aliphatic carbocycles. The molecule has 2 aromatic heterocycles. The molecule has 0 bridgehead atoms. The highest BCUT2D eigenvalue weighted by Gasteiger charge is 2.49. The molecule has 0 atom stereocenters. The topological polar surface area (TPSA) is 9.86 Å². The summed E-state index contributed by atoms with van der Waals surface area (Å²) in [6.07, 6.45) is 0. The summed E-state index contributed by atoms with van der Waals surface area (Å²) in [7, 11) is -2.88. The predicted molar refractivity (Wildman–Crippen MR) is 294 cm³/mol. The lowest BCUT2D eigenvalue weighted by molar-refractivity contribution is 1.18. The van der Waals surface area contributed by atoms with Gasteiger partial charge in [0.25, 0.3) is 0 Å². The third kappa shape index (κ3) is 6.04. The SMILES string of the molecule is c1ccc(-c2ccc3c(c2)c2cc(-c4ccc5c(c4)[Si](c4ccccc4)(c4ccccc4)c4cc(-c6ccc7c(c6)c6ccccc6n7-c6ccccc6)ccc4-5)ccc2n3-c2ccccc2)cc1. The first-order chi connectivity index (χ1) is 34.2. The Morgan fingerprint density at radius 1 is 0.232 bits per heavy atom. The van der Waals surface area contributed by atoms with Crippen molar-refractivity contribution >= 4 is 72.4 Å². The van der Waals surface area contributed by atoms with E-state index in [1.54, 1.807) is 0 Å². The molecule has 322 valence electrons. The van der Waals surface area contributed by atoms with Crippen LogP contribution in [0.2, 0.25) is 0 Å². The van der Waals surface area contributed by atoms with Crippen LogP contribution in [0.4, 0.5) is 0 Å². The lowest BCUT2D eigenvalue weighted by Gasteiger charge is -2.32. The van der Waals surface area contributed by atoms with E-state index in [0.29, 0.717) is 0 Å². The van der Waals surface area contributed by atoms with Crippen LogP contribution in [0.5, 0.6) is 0 Å². The smallest absolute Gasteiger partial charge is 0.180 e. The number of aromatic nitrogens is 2. The van der Waals surface area contributed by atoms with E-state index in [2.05, 4.69) is 276 Å². The number of fused-ring (bicyclic) bond motifs is 9. The van der Waals surface area contributed by atoms with Crippen molar-refractivity contribution in [2.24, 2.45) is 0 Å². The van der Waals surface area contributed by atoms with Gasteiger partial charge in [0.2, 0.25) is 0 Å². The van der Waals surface area contributed by atoms with Gasteiger partial charge in [-0.15, -0.1) is 0 Å². The molecule has 2 nitrogen and oxygen atoms in total. The molecule has 3 heterocycles. The molecule has 1 aliphatic rings. The minimum atomic E-state index is -2.88. The minimum absolute atomic E-state index is 1.16. The van der Waals surface area contributed by atoms with Crippen LogP contribution in [0.15, 0.2) is 267 Å². The van der Waals surface area contributed by atoms with Crippen LogP contribution in [-0.2, 0) is 0 Å². The molecule has 1 aliphatic heterocycles. The standard InChI is InChI=1S/C66H44N2Si/c1-6-18-45(19-7-1)46-32-37-63-59(40-46)60-42-48(34-39-64(60)68(63)52-22-10-3-11-23-52)50-31-36-57-56-35-30-49(43-65(56)69(66(57)44-50,53-24-12-4-13-25-53)54-26-14-5-15-27-54)47-33-38-62-58(41-47)55-28-16-17-29-61(55)67(62)51-20-8-2-9-21-51/h1-44H. The molecule has 14 rings (SSSR count). The van der Waals surface area contributed by atoms with Crippen LogP contribution in [0.1, 0.15) is 0 Å². The number of para-hydroxylation sites is 3. The Balaban J connectivity index is 0.971. The van der Waals surface area contributed by atoms with Gasteiger partial charge in [-0.25, -0.2) is 0 Å². The number of hydrogen-bond acceptors (Lipinski definition) is 0. The highest BCUT2D eigenvalue weighted by atomic mass is 28.3. The zero-order valence-electron chi connectivity index (χ0n) is 37.8. The molecule has 0 radical (unpaired) electrons. The van der Waals surface area contributed by atoms with E-state index < -0.39 is 8.07 Å². The van der Waals surface area contributed by atoms with Crippen LogP contribution in [0.3, 0.4) is 0 Å². The van der Waals surface area contributed by atoms with Gasteiger partial charge in [-0.3, -0.25) is 0 Å². The average Bonchev–Trinajstić information content (AvgIpc) is 4.05. The summed E-state index contributed by atoms with van der Waals surface area (Å²) in [4.78, 5) is 0. The van der Waals surface area contributed by atoms with Crippen molar-refractivity contribution in [2.45, 2.75) is 0 Å². The lowest BCUT2D eigenvalue weighted by Crippen LogP contribution is -2.72. The van der Waals surface area contributed by atoms with Crippen LogP contribution in [-0.4, -0.2) is 17.2 Å². The van der Waals surface area contributed by atoms with Crippen molar-refractivity contribution in [3.05, 3.63) is 267 Å². The first kappa shape index (κ1) is 39.4. The minimum Gasteiger partial charge on any atom is -0.309 e. The quantitative estimate of drug-likeness (QED) is 0.141. The largest absolute Gasteiger partial charge is 0.309 e. The highest BCUT2D eigenvalue weighted by Crippen LogP contribution is 2.40. The Bertz CT molecular complexity index is 4060. The second kappa shape index (κ2) is 15.7. The maximum Gasteiger partial charge on any atom is 0.180 e. The molecule has 0 fully saturated rings. The summed E-state index contributed by atoms with van der Waals surface area (Å²) in [6, 6.07) is 99.6. The van der Waals surface area contributed by atoms with Crippen molar-refractivity contribution in [2.75, 3.05) is 0 Å². The van der Waals surface area contributed by atoms with Gasteiger partial charge in [-0.05, 0) is 132 Å². The van der Waals surface area contributed by atoms with Crippen LogP contribution in [0, 0.1) is 0 Å². The Labute approximate surface area is 402 Å². The summed E-state index contributed by atoms with van der Waals surface area (Å²) in [6.45, 7) is 0. The monoisotopic (exact) mass is 892 g/mol. The first-order valence-electron chi connectivity index (χ1n) is 23.9. The number of benzene rings is 11. The van der Waals surface area contributed by atoms with E-state index in [1.165, 1.54) is 115 Å². The van der Waals surface area contributed by atoms with E-state index >= 15 is 0 Å².